The molecule has 3 aromatic heterocycles. The van der Waals surface area contributed by atoms with Crippen molar-refractivity contribution in [3.8, 4) is 0 Å². The molecule has 0 saturated carbocycles. The summed E-state index contributed by atoms with van der Waals surface area (Å²) in [6, 6.07) is 1.79. The van der Waals surface area contributed by atoms with Gasteiger partial charge in [0.1, 0.15) is 18.0 Å². The molecule has 0 bridgehead atoms. The Labute approximate surface area is 130 Å². The van der Waals surface area contributed by atoms with Crippen molar-refractivity contribution in [3.63, 3.8) is 0 Å². The number of anilines is 1. The van der Waals surface area contributed by atoms with Crippen molar-refractivity contribution in [3.05, 3.63) is 35.8 Å². The van der Waals surface area contributed by atoms with Crippen LogP contribution in [0.4, 0.5) is 5.82 Å². The van der Waals surface area contributed by atoms with Gasteiger partial charge in [-0.3, -0.25) is 4.79 Å². The zero-order valence-corrected chi connectivity index (χ0v) is 12.4. The lowest BCUT2D eigenvalue weighted by Gasteiger charge is -2.18. The molecular formula is C13H13ClN6O2. The molecule has 9 heteroatoms. The number of imidazole rings is 1. The average Bonchev–Trinajstić information content (AvgIpc) is 3.08. The van der Waals surface area contributed by atoms with Gasteiger partial charge in [-0.25, -0.2) is 4.98 Å². The van der Waals surface area contributed by atoms with E-state index in [4.69, 9.17) is 16.7 Å². The van der Waals surface area contributed by atoms with Crippen molar-refractivity contribution in [2.24, 2.45) is 0 Å². The minimum Gasteiger partial charge on any atom is -0.480 e. The highest BCUT2D eigenvalue weighted by Crippen LogP contribution is 2.26. The number of hydrogen-bond donors (Lipinski definition) is 2. The van der Waals surface area contributed by atoms with Crippen molar-refractivity contribution >= 4 is 34.4 Å². The van der Waals surface area contributed by atoms with Crippen molar-refractivity contribution in [1.82, 2.24) is 24.5 Å². The van der Waals surface area contributed by atoms with Crippen LogP contribution in [0.15, 0.2) is 24.8 Å². The van der Waals surface area contributed by atoms with Gasteiger partial charge in [-0.2, -0.15) is 9.97 Å². The molecular weight excluding hydrogens is 308 g/mol. The number of fused-ring (bicyclic) bond motifs is 1. The number of aliphatic carboxylic acids is 1. The number of aromatic amines is 1. The highest BCUT2D eigenvalue weighted by atomic mass is 35.5. The van der Waals surface area contributed by atoms with Crippen LogP contribution in [-0.2, 0) is 17.9 Å². The van der Waals surface area contributed by atoms with Crippen LogP contribution in [0.25, 0.3) is 11.0 Å². The van der Waals surface area contributed by atoms with Crippen LogP contribution >= 0.6 is 11.6 Å². The van der Waals surface area contributed by atoms with Gasteiger partial charge in [0.2, 0.25) is 5.28 Å². The molecule has 0 unspecified atom stereocenters. The lowest BCUT2D eigenvalue weighted by atomic mass is 10.3. The Kier molecular flexibility index (Phi) is 3.68. The predicted molar refractivity (Wildman–Crippen MR) is 80.9 cm³/mol. The Balaban J connectivity index is 2.01. The molecule has 0 atom stereocenters. The molecule has 0 aromatic carbocycles. The van der Waals surface area contributed by atoms with Gasteiger partial charge >= 0.3 is 5.97 Å². The smallest absolute Gasteiger partial charge is 0.323 e. The Morgan fingerprint density at radius 1 is 1.50 bits per heavy atom. The standard InChI is InChI=1S/C13H13ClN6O2/c1-19(5-8-4-15-7-16-8)11-9-2-3-20(6-10(21)22)12(9)18-13(14)17-11/h2-4,7H,5-6H2,1H3,(H,15,16)(H,21,22). The van der Waals surface area contributed by atoms with E-state index >= 15 is 0 Å². The molecule has 3 heterocycles. The highest BCUT2D eigenvalue weighted by Gasteiger charge is 2.15. The van der Waals surface area contributed by atoms with Gasteiger partial charge in [0.25, 0.3) is 0 Å². The number of carboxylic acids is 1. The van der Waals surface area contributed by atoms with Crippen LogP contribution in [0.2, 0.25) is 5.28 Å². The number of hydrogen-bond acceptors (Lipinski definition) is 5. The first-order chi connectivity index (χ1) is 10.5. The molecule has 22 heavy (non-hydrogen) atoms. The number of halogens is 1. The first-order valence-electron chi connectivity index (χ1n) is 6.47. The molecule has 0 fully saturated rings. The first-order valence-corrected chi connectivity index (χ1v) is 6.85. The third kappa shape index (κ3) is 2.73. The van der Waals surface area contributed by atoms with Crippen LogP contribution in [0, 0.1) is 0 Å². The largest absolute Gasteiger partial charge is 0.480 e. The molecule has 0 radical (unpaired) electrons. The van der Waals surface area contributed by atoms with Gasteiger partial charge in [-0.1, -0.05) is 0 Å². The Morgan fingerprint density at radius 3 is 3.00 bits per heavy atom. The number of H-pyrrole nitrogens is 1. The molecule has 3 rings (SSSR count). The van der Waals surface area contributed by atoms with Crippen LogP contribution < -0.4 is 4.90 Å². The number of carboxylic acid groups (broad SMARTS) is 1. The summed E-state index contributed by atoms with van der Waals surface area (Å²) < 4.78 is 1.53. The summed E-state index contributed by atoms with van der Waals surface area (Å²) in [6.07, 6.45) is 5.00. The first kappa shape index (κ1) is 14.3. The number of nitrogens with zero attached hydrogens (tertiary/aromatic N) is 5. The minimum absolute atomic E-state index is 0.0734. The van der Waals surface area contributed by atoms with E-state index in [-0.39, 0.29) is 11.8 Å². The normalized spacial score (nSPS) is 11.0. The van der Waals surface area contributed by atoms with E-state index < -0.39 is 5.97 Å². The minimum atomic E-state index is -0.945. The molecule has 114 valence electrons. The molecule has 0 spiro atoms. The highest BCUT2D eigenvalue weighted by molar-refractivity contribution is 6.28. The third-order valence-corrected chi connectivity index (χ3v) is 3.37. The van der Waals surface area contributed by atoms with Gasteiger partial charge in [0.15, 0.2) is 0 Å². The second-order valence-corrected chi connectivity index (χ2v) is 5.16. The fraction of sp³-hybridized carbons (Fsp3) is 0.231. The molecule has 3 aromatic rings. The maximum atomic E-state index is 10.9. The van der Waals surface area contributed by atoms with E-state index in [1.165, 1.54) is 4.57 Å². The molecule has 0 amide bonds. The fourth-order valence-electron chi connectivity index (χ4n) is 2.29. The van der Waals surface area contributed by atoms with Crippen LogP contribution in [0.3, 0.4) is 0 Å². The Bertz CT molecular complexity index is 813. The molecule has 0 saturated heterocycles. The topological polar surface area (TPSA) is 99.9 Å². The lowest BCUT2D eigenvalue weighted by molar-refractivity contribution is -0.137. The molecule has 2 N–H and O–H groups in total. The second kappa shape index (κ2) is 5.64. The SMILES string of the molecule is CN(Cc1cnc[nH]1)c1nc(Cl)nc2c1ccn2CC(=O)O. The summed E-state index contributed by atoms with van der Waals surface area (Å²) in [4.78, 5) is 28.2. The van der Waals surface area contributed by atoms with E-state index in [9.17, 15) is 4.79 Å². The van der Waals surface area contributed by atoms with E-state index in [1.807, 2.05) is 11.9 Å². The maximum Gasteiger partial charge on any atom is 0.323 e. The summed E-state index contributed by atoms with van der Waals surface area (Å²) in [5, 5.41) is 9.76. The van der Waals surface area contributed by atoms with Gasteiger partial charge in [0, 0.05) is 19.4 Å². The molecule has 0 aliphatic heterocycles. The summed E-state index contributed by atoms with van der Waals surface area (Å²) in [5.41, 5.74) is 1.42. The summed E-state index contributed by atoms with van der Waals surface area (Å²) in [5.74, 6) is -0.312. The van der Waals surface area contributed by atoms with Crippen molar-refractivity contribution < 1.29 is 9.90 Å². The van der Waals surface area contributed by atoms with Gasteiger partial charge in [0.05, 0.1) is 24.0 Å². The van der Waals surface area contributed by atoms with E-state index in [0.717, 1.165) is 11.1 Å². The number of nitrogens with one attached hydrogen (secondary N) is 1. The molecule has 8 nitrogen and oxygen atoms in total. The quantitative estimate of drug-likeness (QED) is 0.691. The maximum absolute atomic E-state index is 10.9. The lowest BCUT2D eigenvalue weighted by Crippen LogP contribution is -2.18. The summed E-state index contributed by atoms with van der Waals surface area (Å²) in [7, 11) is 1.87. The van der Waals surface area contributed by atoms with Crippen molar-refractivity contribution in [2.45, 2.75) is 13.1 Å². The molecule has 0 aliphatic rings. The van der Waals surface area contributed by atoms with Gasteiger partial charge < -0.3 is 19.6 Å². The van der Waals surface area contributed by atoms with E-state index in [2.05, 4.69) is 19.9 Å². The number of carbonyl (C=O) groups is 1. The van der Waals surface area contributed by atoms with Crippen LogP contribution in [0.5, 0.6) is 0 Å². The van der Waals surface area contributed by atoms with E-state index in [1.54, 1.807) is 24.8 Å². The zero-order valence-electron chi connectivity index (χ0n) is 11.7. The fourth-order valence-corrected chi connectivity index (χ4v) is 2.45. The van der Waals surface area contributed by atoms with E-state index in [0.29, 0.717) is 18.0 Å². The Hall–Kier alpha value is -2.61. The summed E-state index contributed by atoms with van der Waals surface area (Å²) >= 11 is 5.99. The summed E-state index contributed by atoms with van der Waals surface area (Å²) in [6.45, 7) is 0.382. The average molecular weight is 321 g/mol. The zero-order chi connectivity index (χ0) is 15.7. The Morgan fingerprint density at radius 2 is 2.32 bits per heavy atom. The third-order valence-electron chi connectivity index (χ3n) is 3.20. The molecule has 0 aliphatic carbocycles. The number of aromatic nitrogens is 5. The van der Waals surface area contributed by atoms with Gasteiger partial charge in [-0.15, -0.1) is 0 Å². The van der Waals surface area contributed by atoms with Crippen molar-refractivity contribution in [1.29, 1.82) is 0 Å². The predicted octanol–water partition coefficient (Wildman–Crippen LogP) is 1.53. The van der Waals surface area contributed by atoms with Gasteiger partial charge in [-0.05, 0) is 17.7 Å². The van der Waals surface area contributed by atoms with Crippen molar-refractivity contribution in [2.75, 3.05) is 11.9 Å². The number of rotatable bonds is 5. The van der Waals surface area contributed by atoms with Crippen LogP contribution in [-0.4, -0.2) is 42.6 Å². The van der Waals surface area contributed by atoms with Crippen LogP contribution in [0.1, 0.15) is 5.69 Å². The monoisotopic (exact) mass is 320 g/mol. The second-order valence-electron chi connectivity index (χ2n) is 4.82.